The molecule has 0 saturated heterocycles. The topological polar surface area (TPSA) is 80.0 Å². The summed E-state index contributed by atoms with van der Waals surface area (Å²) in [5.74, 6) is 1.80. The first-order chi connectivity index (χ1) is 11.0. The molecule has 122 valence electrons. The van der Waals surface area contributed by atoms with Gasteiger partial charge < -0.3 is 15.2 Å². The SMILES string of the molecule is CC(C)c1noc(C(C)Nc2cccc(NC(=O)C3CC3)c2)n1. The Morgan fingerprint density at radius 1 is 1.26 bits per heavy atom. The molecule has 1 unspecified atom stereocenters. The lowest BCUT2D eigenvalue weighted by atomic mass is 10.2. The molecule has 1 heterocycles. The Hall–Kier alpha value is -2.37. The van der Waals surface area contributed by atoms with Gasteiger partial charge in [0, 0.05) is 23.2 Å². The summed E-state index contributed by atoms with van der Waals surface area (Å²) in [7, 11) is 0. The molecule has 1 atom stereocenters. The first-order valence-corrected chi connectivity index (χ1v) is 8.04. The summed E-state index contributed by atoms with van der Waals surface area (Å²) in [6.07, 6.45) is 1.99. The van der Waals surface area contributed by atoms with Gasteiger partial charge in [-0.1, -0.05) is 25.1 Å². The standard InChI is InChI=1S/C17H22N4O2/c1-10(2)15-20-17(23-21-15)11(3)18-13-5-4-6-14(9-13)19-16(22)12-7-8-12/h4-6,9-12,18H,7-8H2,1-3H3,(H,19,22). The van der Waals surface area contributed by atoms with E-state index in [0.717, 1.165) is 24.2 Å². The Kier molecular flexibility index (Phi) is 4.32. The van der Waals surface area contributed by atoms with Crippen molar-refractivity contribution in [2.45, 2.75) is 45.6 Å². The summed E-state index contributed by atoms with van der Waals surface area (Å²) in [6, 6.07) is 7.55. The summed E-state index contributed by atoms with van der Waals surface area (Å²) in [6.45, 7) is 6.02. The van der Waals surface area contributed by atoms with E-state index in [0.29, 0.717) is 11.7 Å². The highest BCUT2D eigenvalue weighted by atomic mass is 16.5. The molecular formula is C17H22N4O2. The van der Waals surface area contributed by atoms with Crippen LogP contribution >= 0.6 is 0 Å². The van der Waals surface area contributed by atoms with Crippen LogP contribution in [0, 0.1) is 5.92 Å². The number of amides is 1. The highest BCUT2D eigenvalue weighted by Gasteiger charge is 2.29. The average Bonchev–Trinajstić information content (AvgIpc) is 3.24. The molecule has 0 aliphatic heterocycles. The van der Waals surface area contributed by atoms with Gasteiger partial charge in [0.15, 0.2) is 5.82 Å². The number of aromatic nitrogens is 2. The number of carbonyl (C=O) groups excluding carboxylic acids is 1. The zero-order chi connectivity index (χ0) is 16.4. The van der Waals surface area contributed by atoms with Crippen molar-refractivity contribution in [3.8, 4) is 0 Å². The predicted molar refractivity (Wildman–Crippen MR) is 88.2 cm³/mol. The molecule has 1 saturated carbocycles. The van der Waals surface area contributed by atoms with Crippen LogP contribution in [0.2, 0.25) is 0 Å². The van der Waals surface area contributed by atoms with Gasteiger partial charge in [-0.3, -0.25) is 4.79 Å². The Labute approximate surface area is 135 Å². The van der Waals surface area contributed by atoms with Crippen LogP contribution in [-0.2, 0) is 4.79 Å². The second-order valence-corrected chi connectivity index (χ2v) is 6.36. The summed E-state index contributed by atoms with van der Waals surface area (Å²) < 4.78 is 5.30. The number of anilines is 2. The minimum atomic E-state index is -0.107. The monoisotopic (exact) mass is 314 g/mol. The van der Waals surface area contributed by atoms with Gasteiger partial charge in [0.25, 0.3) is 0 Å². The lowest BCUT2D eigenvalue weighted by Gasteiger charge is -2.13. The van der Waals surface area contributed by atoms with E-state index in [2.05, 4.69) is 20.8 Å². The molecule has 0 bridgehead atoms. The Morgan fingerprint density at radius 2 is 2.00 bits per heavy atom. The minimum absolute atomic E-state index is 0.105. The summed E-state index contributed by atoms with van der Waals surface area (Å²) in [5, 5.41) is 10.2. The van der Waals surface area contributed by atoms with Gasteiger partial charge in [0.05, 0.1) is 0 Å². The molecular weight excluding hydrogens is 292 g/mol. The lowest BCUT2D eigenvalue weighted by Crippen LogP contribution is -2.13. The number of nitrogens with zero attached hydrogens (tertiary/aromatic N) is 2. The number of hydrogen-bond acceptors (Lipinski definition) is 5. The zero-order valence-electron chi connectivity index (χ0n) is 13.7. The number of rotatable bonds is 6. The lowest BCUT2D eigenvalue weighted by molar-refractivity contribution is -0.117. The molecule has 2 N–H and O–H groups in total. The maximum atomic E-state index is 11.8. The molecule has 0 spiro atoms. The maximum absolute atomic E-state index is 11.8. The Morgan fingerprint density at radius 3 is 2.65 bits per heavy atom. The number of carbonyl (C=O) groups is 1. The van der Waals surface area contributed by atoms with Crippen LogP contribution in [0.5, 0.6) is 0 Å². The predicted octanol–water partition coefficient (Wildman–Crippen LogP) is 3.71. The highest BCUT2D eigenvalue weighted by Crippen LogP contribution is 2.30. The molecule has 1 aromatic carbocycles. The van der Waals surface area contributed by atoms with E-state index in [1.165, 1.54) is 0 Å². The van der Waals surface area contributed by atoms with Crippen LogP contribution in [-0.4, -0.2) is 16.0 Å². The smallest absolute Gasteiger partial charge is 0.248 e. The van der Waals surface area contributed by atoms with Crippen molar-refractivity contribution in [1.82, 2.24) is 10.1 Å². The van der Waals surface area contributed by atoms with Crippen molar-refractivity contribution in [1.29, 1.82) is 0 Å². The van der Waals surface area contributed by atoms with Gasteiger partial charge in [-0.2, -0.15) is 4.98 Å². The van der Waals surface area contributed by atoms with E-state index in [1.54, 1.807) is 0 Å². The van der Waals surface area contributed by atoms with Crippen molar-refractivity contribution < 1.29 is 9.32 Å². The number of hydrogen-bond donors (Lipinski definition) is 2. The van der Waals surface area contributed by atoms with Crippen LogP contribution in [0.4, 0.5) is 11.4 Å². The molecule has 1 aromatic heterocycles. The fraction of sp³-hybridized carbons (Fsp3) is 0.471. The second kappa shape index (κ2) is 6.40. The van der Waals surface area contributed by atoms with Crippen molar-refractivity contribution in [2.24, 2.45) is 5.92 Å². The van der Waals surface area contributed by atoms with Gasteiger partial charge in [-0.15, -0.1) is 0 Å². The maximum Gasteiger partial charge on any atom is 0.248 e. The van der Waals surface area contributed by atoms with Crippen LogP contribution < -0.4 is 10.6 Å². The molecule has 1 amide bonds. The molecule has 6 nitrogen and oxygen atoms in total. The van der Waals surface area contributed by atoms with Crippen molar-refractivity contribution in [2.75, 3.05) is 10.6 Å². The summed E-state index contributed by atoms with van der Waals surface area (Å²) in [4.78, 5) is 16.2. The Bertz CT molecular complexity index is 691. The zero-order valence-corrected chi connectivity index (χ0v) is 13.7. The fourth-order valence-electron chi connectivity index (χ4n) is 2.25. The molecule has 0 radical (unpaired) electrons. The van der Waals surface area contributed by atoms with E-state index in [4.69, 9.17) is 4.52 Å². The molecule has 2 aromatic rings. The second-order valence-electron chi connectivity index (χ2n) is 6.36. The van der Waals surface area contributed by atoms with Gasteiger partial charge in [0.2, 0.25) is 11.8 Å². The minimum Gasteiger partial charge on any atom is -0.374 e. The summed E-state index contributed by atoms with van der Waals surface area (Å²) in [5.41, 5.74) is 1.70. The molecule has 1 aliphatic carbocycles. The van der Waals surface area contributed by atoms with Gasteiger partial charge in [0.1, 0.15) is 6.04 Å². The van der Waals surface area contributed by atoms with Crippen LogP contribution in [0.25, 0.3) is 0 Å². The third-order valence-electron chi connectivity index (χ3n) is 3.81. The fourth-order valence-corrected chi connectivity index (χ4v) is 2.25. The van der Waals surface area contributed by atoms with Crippen LogP contribution in [0.15, 0.2) is 28.8 Å². The van der Waals surface area contributed by atoms with Gasteiger partial charge in [-0.05, 0) is 38.0 Å². The van der Waals surface area contributed by atoms with Gasteiger partial charge in [-0.25, -0.2) is 0 Å². The third kappa shape index (κ3) is 3.88. The van der Waals surface area contributed by atoms with Crippen LogP contribution in [0.3, 0.4) is 0 Å². The normalized spacial score (nSPS) is 15.5. The molecule has 23 heavy (non-hydrogen) atoms. The molecule has 6 heteroatoms. The van der Waals surface area contributed by atoms with E-state index in [1.807, 2.05) is 45.0 Å². The quantitative estimate of drug-likeness (QED) is 0.849. The average molecular weight is 314 g/mol. The summed E-state index contributed by atoms with van der Waals surface area (Å²) >= 11 is 0. The van der Waals surface area contributed by atoms with Crippen LogP contribution in [0.1, 0.15) is 57.3 Å². The number of benzene rings is 1. The van der Waals surface area contributed by atoms with E-state index in [-0.39, 0.29) is 23.8 Å². The first kappa shape index (κ1) is 15.5. The molecule has 1 fully saturated rings. The van der Waals surface area contributed by atoms with Gasteiger partial charge >= 0.3 is 0 Å². The largest absolute Gasteiger partial charge is 0.374 e. The number of nitrogens with one attached hydrogen (secondary N) is 2. The third-order valence-corrected chi connectivity index (χ3v) is 3.81. The van der Waals surface area contributed by atoms with E-state index in [9.17, 15) is 4.79 Å². The van der Waals surface area contributed by atoms with E-state index < -0.39 is 0 Å². The molecule has 1 aliphatic rings. The highest BCUT2D eigenvalue weighted by molar-refractivity contribution is 5.94. The van der Waals surface area contributed by atoms with E-state index >= 15 is 0 Å². The Balaban J connectivity index is 1.65. The molecule has 3 rings (SSSR count). The first-order valence-electron chi connectivity index (χ1n) is 8.04. The van der Waals surface area contributed by atoms with Crippen molar-refractivity contribution in [3.05, 3.63) is 36.0 Å². The van der Waals surface area contributed by atoms with Crippen molar-refractivity contribution >= 4 is 17.3 Å². The van der Waals surface area contributed by atoms with Crippen molar-refractivity contribution in [3.63, 3.8) is 0 Å².